The first kappa shape index (κ1) is 21.2. The van der Waals surface area contributed by atoms with Crippen molar-refractivity contribution in [2.45, 2.75) is 77.1 Å². The van der Waals surface area contributed by atoms with Crippen LogP contribution in [-0.4, -0.2) is 45.9 Å². The number of nitrogens with zero attached hydrogens (tertiary/aromatic N) is 3. The van der Waals surface area contributed by atoms with Gasteiger partial charge in [0.15, 0.2) is 6.04 Å². The lowest BCUT2D eigenvalue weighted by Gasteiger charge is -2.39. The molecule has 0 radical (unpaired) electrons. The number of carbonyl (C=O) groups is 1. The zero-order valence-electron chi connectivity index (χ0n) is 17.9. The second-order valence-electron chi connectivity index (χ2n) is 10.0. The fraction of sp³-hybridized carbons (Fsp3) is 0.727. The Morgan fingerprint density at radius 3 is 2.60 bits per heavy atom. The van der Waals surface area contributed by atoms with E-state index >= 15 is 0 Å². The lowest BCUT2D eigenvalue weighted by molar-refractivity contribution is -0.175. The van der Waals surface area contributed by atoms with Crippen LogP contribution in [0, 0.1) is 11.3 Å². The number of rotatable bonds is 2. The van der Waals surface area contributed by atoms with E-state index in [0.717, 1.165) is 30.4 Å². The van der Waals surface area contributed by atoms with Crippen LogP contribution in [0.15, 0.2) is 18.2 Å². The Morgan fingerprint density at radius 2 is 1.97 bits per heavy atom. The van der Waals surface area contributed by atoms with Crippen molar-refractivity contribution < 1.29 is 18.0 Å². The first-order chi connectivity index (χ1) is 14.0. The van der Waals surface area contributed by atoms with E-state index in [2.05, 4.69) is 22.6 Å². The molecule has 5 nitrogen and oxygen atoms in total. The van der Waals surface area contributed by atoms with Gasteiger partial charge in [0.2, 0.25) is 5.91 Å². The maximum atomic E-state index is 13.8. The number of likely N-dealkylation sites (tertiary alicyclic amines) is 1. The number of hydrogen-bond donors (Lipinski definition) is 1. The van der Waals surface area contributed by atoms with Crippen LogP contribution in [0.4, 0.5) is 19.0 Å². The lowest BCUT2D eigenvalue weighted by Crippen LogP contribution is -2.44. The van der Waals surface area contributed by atoms with E-state index in [4.69, 9.17) is 0 Å². The monoisotopic (exact) mass is 424 g/mol. The summed E-state index contributed by atoms with van der Waals surface area (Å²) in [5, 5.41) is 7.67. The van der Waals surface area contributed by atoms with Gasteiger partial charge in [0.1, 0.15) is 5.82 Å². The molecule has 1 aromatic heterocycles. The number of amides is 1. The number of halogens is 3. The molecule has 1 saturated heterocycles. The first-order valence-electron chi connectivity index (χ1n) is 10.9. The van der Waals surface area contributed by atoms with Crippen molar-refractivity contribution in [1.29, 1.82) is 0 Å². The lowest BCUT2D eigenvalue weighted by atomic mass is 9.82. The molecule has 1 N–H and O–H groups in total. The third kappa shape index (κ3) is 4.10. The molecule has 1 amide bonds. The van der Waals surface area contributed by atoms with Crippen molar-refractivity contribution >= 4 is 11.7 Å². The number of hydrogen-bond acceptors (Lipinski definition) is 3. The number of anilines is 1. The zero-order valence-corrected chi connectivity index (χ0v) is 17.9. The fourth-order valence-corrected chi connectivity index (χ4v) is 4.84. The van der Waals surface area contributed by atoms with Gasteiger partial charge < -0.3 is 10.2 Å². The quantitative estimate of drug-likeness (QED) is 0.688. The van der Waals surface area contributed by atoms with Gasteiger partial charge in [-0.15, -0.1) is 0 Å². The Bertz CT molecular complexity index is 823. The molecule has 2 aliphatic heterocycles. The van der Waals surface area contributed by atoms with Crippen molar-refractivity contribution in [2.75, 3.05) is 18.4 Å². The second-order valence-corrected chi connectivity index (χ2v) is 10.0. The number of aromatic nitrogens is 2. The van der Waals surface area contributed by atoms with Crippen molar-refractivity contribution in [2.24, 2.45) is 11.3 Å². The van der Waals surface area contributed by atoms with E-state index in [0.29, 0.717) is 24.6 Å². The molecule has 0 aromatic carbocycles. The average molecular weight is 425 g/mol. The predicted octanol–water partition coefficient (Wildman–Crippen LogP) is 4.89. The van der Waals surface area contributed by atoms with E-state index in [1.807, 2.05) is 25.7 Å². The van der Waals surface area contributed by atoms with Crippen molar-refractivity contribution in [3.63, 3.8) is 0 Å². The smallest absolute Gasteiger partial charge is 0.367 e. The SMILES string of the molecule is CC(C)(C)[C@@H]1C[C@@H](C(F)(F)F)n2nc([C@@H]3CCN(C(=O)[C@H]4CC=CCC4)C3)cc2N1. The Kier molecular flexibility index (Phi) is 5.39. The van der Waals surface area contributed by atoms with Crippen LogP contribution < -0.4 is 5.32 Å². The summed E-state index contributed by atoms with van der Waals surface area (Å²) in [5.41, 5.74) is 0.352. The molecule has 1 aromatic rings. The van der Waals surface area contributed by atoms with Crippen LogP contribution in [0.1, 0.15) is 70.5 Å². The molecular weight excluding hydrogens is 393 g/mol. The molecule has 4 rings (SSSR count). The molecule has 0 spiro atoms. The molecule has 4 atom stereocenters. The number of carbonyl (C=O) groups excluding carboxylic acids is 1. The first-order valence-corrected chi connectivity index (χ1v) is 10.9. The number of alkyl halides is 3. The van der Waals surface area contributed by atoms with Gasteiger partial charge >= 0.3 is 6.18 Å². The van der Waals surface area contributed by atoms with E-state index in [1.165, 1.54) is 0 Å². The molecule has 30 heavy (non-hydrogen) atoms. The minimum absolute atomic E-state index is 0.0186. The van der Waals surface area contributed by atoms with E-state index < -0.39 is 12.2 Å². The van der Waals surface area contributed by atoms with Gasteiger partial charge in [-0.3, -0.25) is 4.79 Å². The molecular formula is C22H31F3N4O. The second kappa shape index (κ2) is 7.61. The Balaban J connectivity index is 1.52. The number of fused-ring (bicyclic) bond motifs is 1. The molecule has 0 unspecified atom stereocenters. The highest BCUT2D eigenvalue weighted by Crippen LogP contribution is 2.44. The minimum atomic E-state index is -4.35. The van der Waals surface area contributed by atoms with Gasteiger partial charge in [0.25, 0.3) is 0 Å². The van der Waals surface area contributed by atoms with Crippen molar-refractivity contribution in [3.8, 4) is 0 Å². The van der Waals surface area contributed by atoms with Crippen LogP contribution in [0.2, 0.25) is 0 Å². The summed E-state index contributed by atoms with van der Waals surface area (Å²) in [6, 6.07) is -0.152. The topological polar surface area (TPSA) is 50.2 Å². The third-order valence-corrected chi connectivity index (χ3v) is 6.79. The van der Waals surface area contributed by atoms with E-state index in [-0.39, 0.29) is 35.6 Å². The summed E-state index contributed by atoms with van der Waals surface area (Å²) >= 11 is 0. The van der Waals surface area contributed by atoms with Gasteiger partial charge in [0.05, 0.1) is 5.69 Å². The summed E-state index contributed by atoms with van der Waals surface area (Å²) in [4.78, 5) is 14.7. The number of nitrogens with one attached hydrogen (secondary N) is 1. The van der Waals surface area contributed by atoms with Gasteiger partial charge in [-0.05, 0) is 37.5 Å². The van der Waals surface area contributed by atoms with Gasteiger partial charge in [-0.2, -0.15) is 18.3 Å². The molecule has 1 fully saturated rings. The average Bonchev–Trinajstić information content (AvgIpc) is 3.32. The summed E-state index contributed by atoms with van der Waals surface area (Å²) in [6.07, 6.45) is 3.12. The summed E-state index contributed by atoms with van der Waals surface area (Å²) in [6.45, 7) is 7.03. The molecule has 166 valence electrons. The molecule has 3 heterocycles. The van der Waals surface area contributed by atoms with Crippen LogP contribution in [0.25, 0.3) is 0 Å². The van der Waals surface area contributed by atoms with Crippen LogP contribution in [-0.2, 0) is 4.79 Å². The summed E-state index contributed by atoms with van der Waals surface area (Å²) in [5.74, 6) is 0.619. The standard InChI is InChI=1S/C22H31F3N4O/c1-21(2,3)17-12-18(22(23,24)25)29-19(26-17)11-16(27-29)15-9-10-28(13-15)20(30)14-7-5-4-6-8-14/h4-5,11,14-15,17-18,26H,6-10,12-13H2,1-3H3/t14-,15+,17-,18-/m0/s1. The Morgan fingerprint density at radius 1 is 1.20 bits per heavy atom. The Hall–Kier alpha value is -1.99. The van der Waals surface area contributed by atoms with E-state index in [9.17, 15) is 18.0 Å². The summed E-state index contributed by atoms with van der Waals surface area (Å²) < 4.78 is 42.5. The molecule has 0 saturated carbocycles. The zero-order chi connectivity index (χ0) is 21.7. The molecule has 3 aliphatic rings. The third-order valence-electron chi connectivity index (χ3n) is 6.79. The van der Waals surface area contributed by atoms with Crippen LogP contribution in [0.3, 0.4) is 0 Å². The molecule has 8 heteroatoms. The van der Waals surface area contributed by atoms with Gasteiger partial charge in [-0.1, -0.05) is 32.9 Å². The maximum Gasteiger partial charge on any atom is 0.410 e. The molecule has 0 bridgehead atoms. The van der Waals surface area contributed by atoms with Crippen molar-refractivity contribution in [3.05, 3.63) is 23.9 Å². The summed E-state index contributed by atoms with van der Waals surface area (Å²) in [7, 11) is 0. The van der Waals surface area contributed by atoms with E-state index in [1.54, 1.807) is 6.07 Å². The Labute approximate surface area is 175 Å². The highest BCUT2D eigenvalue weighted by molar-refractivity contribution is 5.79. The maximum absolute atomic E-state index is 13.8. The van der Waals surface area contributed by atoms with Crippen LogP contribution in [0.5, 0.6) is 0 Å². The minimum Gasteiger partial charge on any atom is -0.367 e. The number of allylic oxidation sites excluding steroid dienone is 2. The van der Waals surface area contributed by atoms with Crippen molar-refractivity contribution in [1.82, 2.24) is 14.7 Å². The van der Waals surface area contributed by atoms with Gasteiger partial charge in [-0.25, -0.2) is 4.68 Å². The molecule has 1 aliphatic carbocycles. The largest absolute Gasteiger partial charge is 0.410 e. The van der Waals surface area contributed by atoms with Gasteiger partial charge in [0, 0.05) is 37.0 Å². The van der Waals surface area contributed by atoms with Crippen LogP contribution >= 0.6 is 0 Å². The highest BCUT2D eigenvalue weighted by atomic mass is 19.4. The highest BCUT2D eigenvalue weighted by Gasteiger charge is 2.48. The predicted molar refractivity (Wildman–Crippen MR) is 109 cm³/mol. The fourth-order valence-electron chi connectivity index (χ4n) is 4.84. The normalized spacial score (nSPS) is 29.6.